The van der Waals surface area contributed by atoms with Gasteiger partial charge in [-0.15, -0.1) is 5.10 Å². The lowest BCUT2D eigenvalue weighted by atomic mass is 10.1. The smallest absolute Gasteiger partial charge is 0.190 e. The highest BCUT2D eigenvalue weighted by Crippen LogP contribution is 2.27. The molecule has 2 heterocycles. The third kappa shape index (κ3) is 2.58. The van der Waals surface area contributed by atoms with E-state index in [4.69, 9.17) is 5.26 Å². The molecule has 6 nitrogen and oxygen atoms in total. The number of hydrogen-bond acceptors (Lipinski definition) is 5. The van der Waals surface area contributed by atoms with Crippen LogP contribution in [0.3, 0.4) is 0 Å². The molecule has 0 amide bonds. The molecule has 1 fully saturated rings. The second-order valence-electron chi connectivity index (χ2n) is 5.09. The standard InChI is InChI=1S/C14H15FN6/c1-20-4-6-21(7-5-20)13-3-2-10(8-11(13)15)14-12(9-16)17-19-18-14/h2-3,8H,4-7H2,1H3,(H,17,18,19). The van der Waals surface area contributed by atoms with Crippen LogP contribution in [-0.4, -0.2) is 53.5 Å². The van der Waals surface area contributed by atoms with Gasteiger partial charge >= 0.3 is 0 Å². The molecule has 7 heteroatoms. The van der Waals surface area contributed by atoms with Crippen LogP contribution in [0.25, 0.3) is 11.3 Å². The lowest BCUT2D eigenvalue weighted by Gasteiger charge is -2.34. The molecule has 0 atom stereocenters. The van der Waals surface area contributed by atoms with Gasteiger partial charge in [0.05, 0.1) is 5.69 Å². The summed E-state index contributed by atoms with van der Waals surface area (Å²) < 4.78 is 14.4. The van der Waals surface area contributed by atoms with E-state index >= 15 is 0 Å². The van der Waals surface area contributed by atoms with E-state index in [0.717, 1.165) is 26.2 Å². The Balaban J connectivity index is 1.88. The summed E-state index contributed by atoms with van der Waals surface area (Å²) in [7, 11) is 2.06. The van der Waals surface area contributed by atoms with Gasteiger partial charge in [0.15, 0.2) is 5.69 Å². The summed E-state index contributed by atoms with van der Waals surface area (Å²) in [5.41, 5.74) is 1.69. The zero-order valence-corrected chi connectivity index (χ0v) is 11.7. The molecular formula is C14H15FN6. The van der Waals surface area contributed by atoms with Crippen molar-refractivity contribution < 1.29 is 4.39 Å². The summed E-state index contributed by atoms with van der Waals surface area (Å²) >= 11 is 0. The fourth-order valence-corrected chi connectivity index (χ4v) is 2.47. The largest absolute Gasteiger partial charge is 0.367 e. The first-order valence-corrected chi connectivity index (χ1v) is 6.73. The quantitative estimate of drug-likeness (QED) is 0.899. The lowest BCUT2D eigenvalue weighted by Crippen LogP contribution is -2.44. The summed E-state index contributed by atoms with van der Waals surface area (Å²) in [6, 6.07) is 6.86. The van der Waals surface area contributed by atoms with Crippen molar-refractivity contribution in [3.05, 3.63) is 29.7 Å². The fourth-order valence-electron chi connectivity index (χ4n) is 2.47. The molecule has 108 valence electrons. The Kier molecular flexibility index (Phi) is 3.54. The molecule has 0 radical (unpaired) electrons. The van der Waals surface area contributed by atoms with Crippen molar-refractivity contribution in [1.29, 1.82) is 5.26 Å². The highest BCUT2D eigenvalue weighted by atomic mass is 19.1. The molecule has 1 aromatic heterocycles. The van der Waals surface area contributed by atoms with Gasteiger partial charge in [-0.3, -0.25) is 0 Å². The summed E-state index contributed by atoms with van der Waals surface area (Å²) in [4.78, 5) is 4.25. The minimum atomic E-state index is -0.302. The lowest BCUT2D eigenvalue weighted by molar-refractivity contribution is 0.311. The molecule has 0 spiro atoms. The van der Waals surface area contributed by atoms with Crippen molar-refractivity contribution in [3.63, 3.8) is 0 Å². The third-order valence-electron chi connectivity index (χ3n) is 3.72. The minimum absolute atomic E-state index is 0.168. The molecule has 0 saturated carbocycles. The van der Waals surface area contributed by atoms with Crippen molar-refractivity contribution in [2.24, 2.45) is 0 Å². The highest BCUT2D eigenvalue weighted by molar-refractivity contribution is 5.67. The predicted octanol–water partition coefficient (Wildman–Crippen LogP) is 1.23. The van der Waals surface area contributed by atoms with Gasteiger partial charge < -0.3 is 9.80 Å². The van der Waals surface area contributed by atoms with E-state index in [1.807, 2.05) is 11.0 Å². The van der Waals surface area contributed by atoms with E-state index in [-0.39, 0.29) is 11.5 Å². The Hall–Kier alpha value is -2.46. The van der Waals surface area contributed by atoms with Crippen LogP contribution in [0.4, 0.5) is 10.1 Å². The maximum atomic E-state index is 14.4. The number of halogens is 1. The van der Waals surface area contributed by atoms with Crippen molar-refractivity contribution in [2.45, 2.75) is 0 Å². The van der Waals surface area contributed by atoms with E-state index in [1.165, 1.54) is 6.07 Å². The number of nitrogens with one attached hydrogen (secondary N) is 1. The average Bonchev–Trinajstić information content (AvgIpc) is 2.97. The van der Waals surface area contributed by atoms with Gasteiger partial charge in [0.2, 0.25) is 0 Å². The average molecular weight is 286 g/mol. The van der Waals surface area contributed by atoms with E-state index in [0.29, 0.717) is 16.9 Å². The normalized spacial score (nSPS) is 16.0. The molecule has 21 heavy (non-hydrogen) atoms. The van der Waals surface area contributed by atoms with Crippen LogP contribution in [0.5, 0.6) is 0 Å². The van der Waals surface area contributed by atoms with Gasteiger partial charge in [-0.2, -0.15) is 15.6 Å². The van der Waals surface area contributed by atoms with Gasteiger partial charge in [0.25, 0.3) is 0 Å². The summed E-state index contributed by atoms with van der Waals surface area (Å²) in [6.45, 7) is 3.45. The van der Waals surface area contributed by atoms with Gasteiger partial charge in [-0.25, -0.2) is 4.39 Å². The van der Waals surface area contributed by atoms with E-state index in [1.54, 1.807) is 12.1 Å². The Bertz CT molecular complexity index is 681. The maximum absolute atomic E-state index is 14.4. The molecule has 1 aliphatic rings. The molecule has 1 saturated heterocycles. The van der Waals surface area contributed by atoms with Crippen molar-refractivity contribution in [1.82, 2.24) is 20.3 Å². The Morgan fingerprint density at radius 2 is 2.00 bits per heavy atom. The van der Waals surface area contributed by atoms with Crippen LogP contribution in [0.15, 0.2) is 18.2 Å². The molecule has 1 N–H and O–H groups in total. The Morgan fingerprint density at radius 1 is 1.24 bits per heavy atom. The number of piperazine rings is 1. The van der Waals surface area contributed by atoms with Crippen molar-refractivity contribution in [3.8, 4) is 17.3 Å². The highest BCUT2D eigenvalue weighted by Gasteiger charge is 2.19. The van der Waals surface area contributed by atoms with Gasteiger partial charge in [-0.05, 0) is 19.2 Å². The number of hydrogen-bond donors (Lipinski definition) is 1. The van der Waals surface area contributed by atoms with E-state index in [9.17, 15) is 4.39 Å². The number of benzene rings is 1. The maximum Gasteiger partial charge on any atom is 0.190 e. The van der Waals surface area contributed by atoms with Crippen molar-refractivity contribution >= 4 is 5.69 Å². The predicted molar refractivity (Wildman–Crippen MR) is 76.2 cm³/mol. The first-order valence-electron chi connectivity index (χ1n) is 6.73. The van der Waals surface area contributed by atoms with Crippen LogP contribution in [-0.2, 0) is 0 Å². The van der Waals surface area contributed by atoms with E-state index in [2.05, 4.69) is 27.4 Å². The summed E-state index contributed by atoms with van der Waals surface area (Å²) in [5, 5.41) is 19.0. The molecule has 3 rings (SSSR count). The summed E-state index contributed by atoms with van der Waals surface area (Å²) in [6.07, 6.45) is 0. The van der Waals surface area contributed by atoms with Crippen LogP contribution in [0.1, 0.15) is 5.69 Å². The number of nitrogens with zero attached hydrogens (tertiary/aromatic N) is 5. The number of aromatic amines is 1. The van der Waals surface area contributed by atoms with Crippen LogP contribution in [0.2, 0.25) is 0 Å². The van der Waals surface area contributed by atoms with Gasteiger partial charge in [0, 0.05) is 31.7 Å². The van der Waals surface area contributed by atoms with Crippen LogP contribution < -0.4 is 4.90 Å². The first kappa shape index (κ1) is 13.5. The minimum Gasteiger partial charge on any atom is -0.367 e. The first-order chi connectivity index (χ1) is 10.2. The second-order valence-corrected chi connectivity index (χ2v) is 5.09. The number of likely N-dealkylation sites (N-methyl/N-ethyl adjacent to an activating group) is 1. The Labute approximate surface area is 121 Å². The zero-order chi connectivity index (χ0) is 14.8. The van der Waals surface area contributed by atoms with Crippen LogP contribution >= 0.6 is 0 Å². The second kappa shape index (κ2) is 5.50. The topological polar surface area (TPSA) is 71.8 Å². The molecule has 1 aliphatic heterocycles. The molecule has 2 aromatic rings. The third-order valence-corrected chi connectivity index (χ3v) is 3.72. The molecule has 0 unspecified atom stereocenters. The SMILES string of the molecule is CN1CCN(c2ccc(-c3n[nH]nc3C#N)cc2F)CC1. The summed E-state index contributed by atoms with van der Waals surface area (Å²) in [5.74, 6) is -0.302. The number of nitriles is 1. The Morgan fingerprint density at radius 3 is 2.67 bits per heavy atom. The number of anilines is 1. The number of H-pyrrole nitrogens is 1. The number of rotatable bonds is 2. The fraction of sp³-hybridized carbons (Fsp3) is 0.357. The van der Waals surface area contributed by atoms with Crippen molar-refractivity contribution in [2.75, 3.05) is 38.1 Å². The van der Waals surface area contributed by atoms with Gasteiger partial charge in [-0.1, -0.05) is 6.07 Å². The molecule has 1 aromatic carbocycles. The molecular weight excluding hydrogens is 271 g/mol. The van der Waals surface area contributed by atoms with Gasteiger partial charge in [0.1, 0.15) is 17.6 Å². The zero-order valence-electron chi connectivity index (χ0n) is 11.7. The number of aromatic nitrogens is 3. The van der Waals surface area contributed by atoms with Crippen LogP contribution in [0, 0.1) is 17.1 Å². The molecule has 0 bridgehead atoms. The van der Waals surface area contributed by atoms with E-state index < -0.39 is 0 Å². The molecule has 0 aliphatic carbocycles. The monoisotopic (exact) mass is 286 g/mol.